The monoisotopic (exact) mass is 475 g/mol. The molecule has 2 aromatic rings. The molecular formula is C24H27Cl2N3O3. The van der Waals surface area contributed by atoms with Gasteiger partial charge in [-0.25, -0.2) is 0 Å². The number of halogens is 2. The van der Waals surface area contributed by atoms with Crippen molar-refractivity contribution in [2.45, 2.75) is 38.0 Å². The highest BCUT2D eigenvalue weighted by atomic mass is 35.5. The predicted molar refractivity (Wildman–Crippen MR) is 125 cm³/mol. The molecule has 1 saturated heterocycles. The maximum absolute atomic E-state index is 12.5. The van der Waals surface area contributed by atoms with Crippen LogP contribution in [0.3, 0.4) is 0 Å². The number of hydrogen-bond donors (Lipinski definition) is 2. The van der Waals surface area contributed by atoms with Gasteiger partial charge in [-0.15, -0.1) is 0 Å². The molecule has 8 heteroatoms. The number of benzene rings is 2. The smallest absolute Gasteiger partial charge is 0.251 e. The largest absolute Gasteiger partial charge is 0.374 e. The SMILES string of the molecule is O=C(Cc1cccc(C(=O)NC2CC2)c1)NC[C@H]1CN(Cc2cccc(Cl)c2Cl)CCO1. The second kappa shape index (κ2) is 10.7. The Morgan fingerprint density at radius 3 is 2.75 bits per heavy atom. The van der Waals surface area contributed by atoms with Crippen LogP contribution in [0.1, 0.15) is 34.3 Å². The molecule has 170 valence electrons. The molecule has 1 heterocycles. The third-order valence-corrected chi connectivity index (χ3v) is 6.50. The Morgan fingerprint density at radius 2 is 1.94 bits per heavy atom. The molecule has 0 spiro atoms. The van der Waals surface area contributed by atoms with Gasteiger partial charge in [0, 0.05) is 37.8 Å². The van der Waals surface area contributed by atoms with Crippen molar-refractivity contribution in [3.8, 4) is 0 Å². The highest BCUT2D eigenvalue weighted by Gasteiger charge is 2.24. The van der Waals surface area contributed by atoms with Crippen LogP contribution in [0.2, 0.25) is 10.0 Å². The number of rotatable bonds is 8. The van der Waals surface area contributed by atoms with E-state index in [0.717, 1.165) is 30.5 Å². The number of ether oxygens (including phenoxy) is 1. The Hall–Kier alpha value is -2.12. The van der Waals surface area contributed by atoms with Crippen LogP contribution in [0.15, 0.2) is 42.5 Å². The van der Waals surface area contributed by atoms with Gasteiger partial charge < -0.3 is 15.4 Å². The predicted octanol–water partition coefficient (Wildman–Crippen LogP) is 3.45. The summed E-state index contributed by atoms with van der Waals surface area (Å²) in [6.45, 7) is 3.20. The molecule has 2 N–H and O–H groups in total. The number of hydrogen-bond acceptors (Lipinski definition) is 4. The quantitative estimate of drug-likeness (QED) is 0.613. The summed E-state index contributed by atoms with van der Waals surface area (Å²) in [7, 11) is 0. The van der Waals surface area contributed by atoms with Crippen molar-refractivity contribution in [1.82, 2.24) is 15.5 Å². The lowest BCUT2D eigenvalue weighted by molar-refractivity contribution is -0.121. The molecule has 2 aromatic carbocycles. The Morgan fingerprint density at radius 1 is 1.12 bits per heavy atom. The van der Waals surface area contributed by atoms with Crippen molar-refractivity contribution in [2.75, 3.05) is 26.2 Å². The summed E-state index contributed by atoms with van der Waals surface area (Å²) in [5.74, 6) is -0.173. The number of nitrogens with zero attached hydrogens (tertiary/aromatic N) is 1. The molecule has 1 aliphatic carbocycles. The van der Waals surface area contributed by atoms with Gasteiger partial charge in [-0.1, -0.05) is 47.5 Å². The van der Waals surface area contributed by atoms with Gasteiger partial charge >= 0.3 is 0 Å². The van der Waals surface area contributed by atoms with Gasteiger partial charge in [0.05, 0.1) is 29.2 Å². The Bertz CT molecular complexity index is 981. The summed E-state index contributed by atoms with van der Waals surface area (Å²) in [5, 5.41) is 7.06. The summed E-state index contributed by atoms with van der Waals surface area (Å²) in [6.07, 6.45) is 2.21. The number of carbonyl (C=O) groups excluding carboxylic acids is 2. The van der Waals surface area contributed by atoms with Crippen LogP contribution in [0.5, 0.6) is 0 Å². The van der Waals surface area contributed by atoms with Crippen LogP contribution in [0.4, 0.5) is 0 Å². The van der Waals surface area contributed by atoms with E-state index in [9.17, 15) is 9.59 Å². The zero-order chi connectivity index (χ0) is 22.5. The molecule has 4 rings (SSSR count). The van der Waals surface area contributed by atoms with E-state index in [-0.39, 0.29) is 24.3 Å². The molecular weight excluding hydrogens is 449 g/mol. The second-order valence-electron chi connectivity index (χ2n) is 8.37. The van der Waals surface area contributed by atoms with E-state index in [1.807, 2.05) is 24.3 Å². The molecule has 1 saturated carbocycles. The van der Waals surface area contributed by atoms with Crippen LogP contribution in [-0.2, 0) is 22.5 Å². The molecule has 2 amide bonds. The summed E-state index contributed by atoms with van der Waals surface area (Å²) >= 11 is 12.4. The van der Waals surface area contributed by atoms with Crippen LogP contribution in [0, 0.1) is 0 Å². The minimum Gasteiger partial charge on any atom is -0.374 e. The first-order chi connectivity index (χ1) is 15.5. The van der Waals surface area contributed by atoms with Crippen molar-refractivity contribution >= 4 is 35.0 Å². The van der Waals surface area contributed by atoms with E-state index in [1.165, 1.54) is 0 Å². The minimum absolute atomic E-state index is 0.0785. The Labute approximate surface area is 198 Å². The summed E-state index contributed by atoms with van der Waals surface area (Å²) in [4.78, 5) is 26.9. The van der Waals surface area contributed by atoms with Crippen LogP contribution >= 0.6 is 23.2 Å². The van der Waals surface area contributed by atoms with Crippen molar-refractivity contribution < 1.29 is 14.3 Å². The van der Waals surface area contributed by atoms with Gasteiger partial charge in [-0.2, -0.15) is 0 Å². The lowest BCUT2D eigenvalue weighted by Crippen LogP contribution is -2.47. The average molecular weight is 476 g/mol. The van der Waals surface area contributed by atoms with Crippen molar-refractivity contribution in [3.63, 3.8) is 0 Å². The average Bonchev–Trinajstić information content (AvgIpc) is 3.60. The fraction of sp³-hybridized carbons (Fsp3) is 0.417. The summed E-state index contributed by atoms with van der Waals surface area (Å²) in [5.41, 5.74) is 2.38. The number of amides is 2. The van der Waals surface area contributed by atoms with Crippen LogP contribution in [0.25, 0.3) is 0 Å². The van der Waals surface area contributed by atoms with Gasteiger partial charge in [0.25, 0.3) is 5.91 Å². The number of nitrogens with one attached hydrogen (secondary N) is 2. The van der Waals surface area contributed by atoms with E-state index in [0.29, 0.717) is 47.9 Å². The third-order valence-electron chi connectivity index (χ3n) is 5.64. The van der Waals surface area contributed by atoms with Gasteiger partial charge in [0.1, 0.15) is 0 Å². The van der Waals surface area contributed by atoms with Crippen molar-refractivity contribution in [2.24, 2.45) is 0 Å². The molecule has 1 atom stereocenters. The lowest BCUT2D eigenvalue weighted by Gasteiger charge is -2.33. The summed E-state index contributed by atoms with van der Waals surface area (Å²) < 4.78 is 5.83. The fourth-order valence-electron chi connectivity index (χ4n) is 3.75. The standard InChI is InChI=1S/C24H27Cl2N3O3/c25-21-6-2-5-18(23(21)26)14-29-9-10-32-20(15-29)13-27-22(30)12-16-3-1-4-17(11-16)24(31)28-19-7-8-19/h1-6,11,19-20H,7-10,12-15H2,(H,27,30)(H,28,31)/t20-/m0/s1. The fourth-order valence-corrected chi connectivity index (χ4v) is 4.13. The molecule has 32 heavy (non-hydrogen) atoms. The molecule has 0 bridgehead atoms. The van der Waals surface area contributed by atoms with Crippen LogP contribution < -0.4 is 10.6 Å². The highest BCUT2D eigenvalue weighted by molar-refractivity contribution is 6.42. The maximum Gasteiger partial charge on any atom is 0.251 e. The Balaban J connectivity index is 1.25. The van der Waals surface area contributed by atoms with Gasteiger partial charge in [0.2, 0.25) is 5.91 Å². The van der Waals surface area contributed by atoms with Crippen molar-refractivity contribution in [1.29, 1.82) is 0 Å². The zero-order valence-corrected chi connectivity index (χ0v) is 19.3. The first-order valence-electron chi connectivity index (χ1n) is 10.9. The minimum atomic E-state index is -0.0960. The first-order valence-corrected chi connectivity index (χ1v) is 11.7. The molecule has 2 fully saturated rings. The van der Waals surface area contributed by atoms with Crippen LogP contribution in [-0.4, -0.2) is 55.1 Å². The zero-order valence-electron chi connectivity index (χ0n) is 17.8. The second-order valence-corrected chi connectivity index (χ2v) is 9.15. The molecule has 2 aliphatic rings. The normalized spacial score (nSPS) is 18.9. The molecule has 0 radical (unpaired) electrons. The lowest BCUT2D eigenvalue weighted by atomic mass is 10.1. The van der Waals surface area contributed by atoms with E-state index in [4.69, 9.17) is 27.9 Å². The van der Waals surface area contributed by atoms with Gasteiger partial charge in [-0.05, 0) is 42.2 Å². The molecule has 1 aliphatic heterocycles. The van der Waals surface area contributed by atoms with E-state index in [1.54, 1.807) is 18.2 Å². The highest BCUT2D eigenvalue weighted by Crippen LogP contribution is 2.27. The van der Waals surface area contributed by atoms with Gasteiger partial charge in [0.15, 0.2) is 0 Å². The maximum atomic E-state index is 12.5. The van der Waals surface area contributed by atoms with E-state index < -0.39 is 0 Å². The van der Waals surface area contributed by atoms with E-state index >= 15 is 0 Å². The first kappa shape index (κ1) is 23.1. The topological polar surface area (TPSA) is 70.7 Å². The molecule has 6 nitrogen and oxygen atoms in total. The van der Waals surface area contributed by atoms with E-state index in [2.05, 4.69) is 15.5 Å². The number of morpholine rings is 1. The molecule has 0 aromatic heterocycles. The van der Waals surface area contributed by atoms with Crippen molar-refractivity contribution in [3.05, 3.63) is 69.2 Å². The van der Waals surface area contributed by atoms with Gasteiger partial charge in [-0.3, -0.25) is 14.5 Å². The Kier molecular flexibility index (Phi) is 7.68. The summed E-state index contributed by atoms with van der Waals surface area (Å²) in [6, 6.07) is 13.2. The molecule has 0 unspecified atom stereocenters. The third kappa shape index (κ3) is 6.45. The number of carbonyl (C=O) groups is 2.